The van der Waals surface area contributed by atoms with Gasteiger partial charge in [0.1, 0.15) is 0 Å². The van der Waals surface area contributed by atoms with Gasteiger partial charge in [-0.3, -0.25) is 0 Å². The van der Waals surface area contributed by atoms with Gasteiger partial charge in [0.2, 0.25) is 4.38 Å². The molecule has 0 rings (SSSR count). The zero-order valence-corrected chi connectivity index (χ0v) is 9.56. The standard InChI is InChI=1S/C6H14OS2Si/c1-9-6(8)7-5-10(2,3)4/h5H2,1-4H3. The van der Waals surface area contributed by atoms with Gasteiger partial charge in [-0.1, -0.05) is 31.4 Å². The first-order valence-corrected chi connectivity index (χ1v) is 8.50. The van der Waals surface area contributed by atoms with Crippen molar-refractivity contribution in [2.75, 3.05) is 12.5 Å². The van der Waals surface area contributed by atoms with E-state index in [-0.39, 0.29) is 0 Å². The molecule has 0 spiro atoms. The summed E-state index contributed by atoms with van der Waals surface area (Å²) in [4.78, 5) is 0. The smallest absolute Gasteiger partial charge is 0.219 e. The van der Waals surface area contributed by atoms with Crippen molar-refractivity contribution in [1.82, 2.24) is 0 Å². The fraction of sp³-hybridized carbons (Fsp3) is 0.833. The van der Waals surface area contributed by atoms with Crippen molar-refractivity contribution in [3.63, 3.8) is 0 Å². The molecule has 0 aliphatic carbocycles. The van der Waals surface area contributed by atoms with Crippen LogP contribution >= 0.6 is 24.0 Å². The summed E-state index contributed by atoms with van der Waals surface area (Å²) < 4.78 is 5.98. The average Bonchev–Trinajstić information content (AvgIpc) is 1.81. The number of thioether (sulfide) groups is 1. The second-order valence-corrected chi connectivity index (χ2v) is 10.1. The predicted octanol–water partition coefficient (Wildman–Crippen LogP) is 2.53. The quantitative estimate of drug-likeness (QED) is 0.494. The Morgan fingerprint density at radius 3 is 2.30 bits per heavy atom. The number of ether oxygens (including phenoxy) is 1. The second-order valence-electron chi connectivity index (χ2n) is 3.30. The van der Waals surface area contributed by atoms with E-state index in [1.807, 2.05) is 6.26 Å². The molecule has 0 bridgehead atoms. The highest BCUT2D eigenvalue weighted by molar-refractivity contribution is 8.22. The molecule has 4 heteroatoms. The van der Waals surface area contributed by atoms with Crippen LogP contribution in [-0.2, 0) is 4.74 Å². The molecule has 0 atom stereocenters. The Hall–Kier alpha value is 0.457. The largest absolute Gasteiger partial charge is 0.482 e. The van der Waals surface area contributed by atoms with Crippen LogP contribution in [0.15, 0.2) is 0 Å². The van der Waals surface area contributed by atoms with E-state index in [1.54, 1.807) is 0 Å². The third-order valence-corrected chi connectivity index (χ3v) is 2.87. The van der Waals surface area contributed by atoms with Crippen molar-refractivity contribution in [1.29, 1.82) is 0 Å². The Balaban J connectivity index is 3.46. The lowest BCUT2D eigenvalue weighted by Crippen LogP contribution is -2.28. The maximum Gasteiger partial charge on any atom is 0.219 e. The van der Waals surface area contributed by atoms with Crippen molar-refractivity contribution in [3.05, 3.63) is 0 Å². The summed E-state index contributed by atoms with van der Waals surface area (Å²) in [6.07, 6.45) is 2.78. The molecule has 0 radical (unpaired) electrons. The van der Waals surface area contributed by atoms with Gasteiger partial charge in [-0.2, -0.15) is 0 Å². The first-order chi connectivity index (χ1) is 4.45. The molecule has 0 aromatic carbocycles. The molecule has 0 aromatic rings. The first-order valence-electron chi connectivity index (χ1n) is 3.16. The molecule has 0 aromatic heterocycles. The monoisotopic (exact) mass is 194 g/mol. The van der Waals surface area contributed by atoms with E-state index in [0.717, 1.165) is 6.23 Å². The number of hydrogen-bond donors (Lipinski definition) is 0. The van der Waals surface area contributed by atoms with Gasteiger partial charge in [-0.15, -0.1) is 0 Å². The van der Waals surface area contributed by atoms with Crippen molar-refractivity contribution in [3.8, 4) is 0 Å². The summed E-state index contributed by atoms with van der Waals surface area (Å²) in [7, 11) is -1.06. The molecule has 0 aliphatic rings. The van der Waals surface area contributed by atoms with Gasteiger partial charge in [0, 0.05) is 0 Å². The van der Waals surface area contributed by atoms with Crippen LogP contribution in [0.5, 0.6) is 0 Å². The molecule has 1 nitrogen and oxygen atoms in total. The summed E-state index contributed by atoms with van der Waals surface area (Å²) in [5.41, 5.74) is 0. The molecular formula is C6H14OS2Si. The second kappa shape index (κ2) is 4.36. The van der Waals surface area contributed by atoms with Gasteiger partial charge in [0.15, 0.2) is 0 Å². The molecule has 0 unspecified atom stereocenters. The molecule has 0 amide bonds. The van der Waals surface area contributed by atoms with Gasteiger partial charge >= 0.3 is 0 Å². The van der Waals surface area contributed by atoms with Crippen LogP contribution < -0.4 is 0 Å². The minimum absolute atomic E-state index is 0.669. The lowest BCUT2D eigenvalue weighted by Gasteiger charge is -2.15. The van der Waals surface area contributed by atoms with Crippen molar-refractivity contribution in [2.24, 2.45) is 0 Å². The zero-order valence-electron chi connectivity index (χ0n) is 6.93. The Morgan fingerprint density at radius 1 is 1.50 bits per heavy atom. The predicted molar refractivity (Wildman–Crippen MR) is 55.4 cm³/mol. The third kappa shape index (κ3) is 6.58. The van der Waals surface area contributed by atoms with Crippen LogP contribution in [0.4, 0.5) is 0 Å². The normalized spacial score (nSPS) is 11.2. The Labute approximate surface area is 73.5 Å². The number of rotatable bonds is 2. The number of hydrogen-bond acceptors (Lipinski definition) is 3. The molecule has 0 N–H and O–H groups in total. The lowest BCUT2D eigenvalue weighted by molar-refractivity contribution is 0.387. The fourth-order valence-corrected chi connectivity index (χ4v) is 1.36. The van der Waals surface area contributed by atoms with E-state index in [1.165, 1.54) is 11.8 Å². The molecule has 0 saturated carbocycles. The van der Waals surface area contributed by atoms with Crippen LogP contribution in [0.2, 0.25) is 19.6 Å². The molecule has 0 aliphatic heterocycles. The zero-order chi connectivity index (χ0) is 8.20. The van der Waals surface area contributed by atoms with Crippen LogP contribution in [0.3, 0.4) is 0 Å². The van der Waals surface area contributed by atoms with Crippen molar-refractivity contribution >= 4 is 36.4 Å². The maximum atomic E-state index is 5.31. The Kier molecular flexibility index (Phi) is 4.56. The highest BCUT2D eigenvalue weighted by Gasteiger charge is 2.14. The van der Waals surface area contributed by atoms with Crippen molar-refractivity contribution < 1.29 is 4.74 Å². The summed E-state index contributed by atoms with van der Waals surface area (Å²) >= 11 is 6.38. The van der Waals surface area contributed by atoms with Gasteiger partial charge in [-0.25, -0.2) is 0 Å². The lowest BCUT2D eigenvalue weighted by atomic mass is 11.5. The van der Waals surface area contributed by atoms with Crippen LogP contribution in [-0.4, -0.2) is 24.9 Å². The highest BCUT2D eigenvalue weighted by atomic mass is 32.2. The van der Waals surface area contributed by atoms with E-state index >= 15 is 0 Å². The third-order valence-electron chi connectivity index (χ3n) is 0.790. The van der Waals surface area contributed by atoms with Gasteiger partial charge in [-0.05, 0) is 18.5 Å². The first kappa shape index (κ1) is 10.5. The van der Waals surface area contributed by atoms with Crippen LogP contribution in [0, 0.1) is 0 Å². The SMILES string of the molecule is CSC(=S)OC[Si](C)(C)C. The summed E-state index contributed by atoms with van der Waals surface area (Å²) in [6.45, 7) is 6.78. The van der Waals surface area contributed by atoms with E-state index in [4.69, 9.17) is 17.0 Å². The molecular weight excluding hydrogens is 180 g/mol. The molecule has 0 saturated heterocycles. The van der Waals surface area contributed by atoms with E-state index in [0.29, 0.717) is 4.38 Å². The summed E-state index contributed by atoms with van der Waals surface area (Å²) in [6, 6.07) is 0. The molecule has 0 fully saturated rings. The van der Waals surface area contributed by atoms with Gasteiger partial charge in [0.05, 0.1) is 14.3 Å². The maximum absolute atomic E-state index is 5.31. The van der Waals surface area contributed by atoms with Gasteiger partial charge in [0.25, 0.3) is 0 Å². The summed E-state index contributed by atoms with van der Waals surface area (Å²) in [5.74, 6) is 0. The Morgan fingerprint density at radius 2 is 2.00 bits per heavy atom. The highest BCUT2D eigenvalue weighted by Crippen LogP contribution is 2.05. The fourth-order valence-electron chi connectivity index (χ4n) is 0.334. The van der Waals surface area contributed by atoms with Gasteiger partial charge < -0.3 is 4.74 Å². The number of thiocarbonyl (C=S) groups is 1. The van der Waals surface area contributed by atoms with E-state index < -0.39 is 8.07 Å². The van der Waals surface area contributed by atoms with E-state index in [9.17, 15) is 0 Å². The minimum atomic E-state index is -1.06. The van der Waals surface area contributed by atoms with E-state index in [2.05, 4.69) is 19.6 Å². The minimum Gasteiger partial charge on any atom is -0.482 e. The van der Waals surface area contributed by atoms with Crippen LogP contribution in [0.25, 0.3) is 0 Å². The Bertz CT molecular complexity index is 119. The van der Waals surface area contributed by atoms with Crippen LogP contribution in [0.1, 0.15) is 0 Å². The topological polar surface area (TPSA) is 9.23 Å². The molecule has 10 heavy (non-hydrogen) atoms. The van der Waals surface area contributed by atoms with Crippen molar-refractivity contribution in [2.45, 2.75) is 19.6 Å². The molecule has 0 heterocycles. The molecule has 60 valence electrons. The average molecular weight is 194 g/mol. The summed E-state index contributed by atoms with van der Waals surface area (Å²) in [5, 5.41) is 0.